The number of allylic oxidation sites excluding steroid dienone is 3. The van der Waals surface area contributed by atoms with Crippen LogP contribution in [0.25, 0.3) is 22.2 Å². The fourth-order valence-electron chi connectivity index (χ4n) is 4.20. The maximum Gasteiger partial charge on any atom is 0.0490 e. The maximum absolute atomic E-state index is 6.15. The Hall–Kier alpha value is -2.55. The Morgan fingerprint density at radius 3 is 2.53 bits per heavy atom. The molecule has 3 heteroatoms. The predicted octanol–water partition coefficient (Wildman–Crippen LogP) is 7.08. The number of nitrogens with two attached hydrogens (primary N) is 1. The summed E-state index contributed by atoms with van der Waals surface area (Å²) in [6.07, 6.45) is 10.7. The van der Waals surface area contributed by atoms with E-state index in [-0.39, 0.29) is 0 Å². The average molecular weight is 406 g/mol. The second-order valence-corrected chi connectivity index (χ2v) is 8.69. The van der Waals surface area contributed by atoms with Crippen molar-refractivity contribution in [1.82, 2.24) is 4.57 Å². The standard InChI is InChI=1S/C27H39N3/c1-8-10-24(16-29-7)23-11-12-27-25(15-23)26(22(6)28)18-30(27)17-21(5)14-20(4)13-19(3)9-2/h10-12,15-16,18-20H,5-6,8-9,13-14,17,28H2,1-4,7H3/b24-10+,29-16-/t19-,20?/m0/s1. The van der Waals surface area contributed by atoms with Crippen LogP contribution in [-0.2, 0) is 6.54 Å². The van der Waals surface area contributed by atoms with Crippen molar-refractivity contribution in [1.29, 1.82) is 0 Å². The molecule has 2 aromatic rings. The van der Waals surface area contributed by atoms with E-state index in [9.17, 15) is 0 Å². The van der Waals surface area contributed by atoms with Gasteiger partial charge in [0.05, 0.1) is 0 Å². The van der Waals surface area contributed by atoms with E-state index in [1.54, 1.807) is 7.05 Å². The molecule has 1 aromatic heterocycles. The highest BCUT2D eigenvalue weighted by molar-refractivity contribution is 6.11. The van der Waals surface area contributed by atoms with Crippen LogP contribution >= 0.6 is 0 Å². The molecule has 0 spiro atoms. The van der Waals surface area contributed by atoms with Crippen LogP contribution in [0.1, 0.15) is 64.5 Å². The van der Waals surface area contributed by atoms with E-state index in [1.165, 1.54) is 23.9 Å². The van der Waals surface area contributed by atoms with Gasteiger partial charge in [0.25, 0.3) is 0 Å². The summed E-state index contributed by atoms with van der Waals surface area (Å²) in [7, 11) is 1.81. The van der Waals surface area contributed by atoms with Gasteiger partial charge >= 0.3 is 0 Å². The second-order valence-electron chi connectivity index (χ2n) is 8.69. The van der Waals surface area contributed by atoms with Crippen LogP contribution in [0.3, 0.4) is 0 Å². The smallest absolute Gasteiger partial charge is 0.0490 e. The van der Waals surface area contributed by atoms with Crippen LogP contribution < -0.4 is 5.73 Å². The lowest BCUT2D eigenvalue weighted by atomic mass is 9.91. The summed E-state index contributed by atoms with van der Waals surface area (Å²) < 4.78 is 2.27. The van der Waals surface area contributed by atoms with Gasteiger partial charge in [-0.2, -0.15) is 0 Å². The molecule has 3 nitrogen and oxygen atoms in total. The molecule has 162 valence electrons. The zero-order valence-corrected chi connectivity index (χ0v) is 19.5. The summed E-state index contributed by atoms with van der Waals surface area (Å²) in [5.74, 6) is 1.42. The first-order valence-electron chi connectivity index (χ1n) is 11.2. The van der Waals surface area contributed by atoms with Crippen molar-refractivity contribution in [2.24, 2.45) is 22.6 Å². The summed E-state index contributed by atoms with van der Waals surface area (Å²) in [6.45, 7) is 18.3. The van der Waals surface area contributed by atoms with E-state index < -0.39 is 0 Å². The Morgan fingerprint density at radius 2 is 1.93 bits per heavy atom. The molecule has 0 aliphatic carbocycles. The van der Waals surface area contributed by atoms with E-state index in [2.05, 4.69) is 80.9 Å². The quantitative estimate of drug-likeness (QED) is 0.315. The average Bonchev–Trinajstić information content (AvgIpc) is 3.05. The van der Waals surface area contributed by atoms with E-state index in [1.807, 2.05) is 6.21 Å². The third-order valence-corrected chi connectivity index (χ3v) is 5.79. The monoisotopic (exact) mass is 405 g/mol. The highest BCUT2D eigenvalue weighted by Gasteiger charge is 2.14. The first-order chi connectivity index (χ1) is 14.3. The molecule has 0 radical (unpaired) electrons. The number of aliphatic imine (C=N–C) groups is 1. The number of aromatic nitrogens is 1. The van der Waals surface area contributed by atoms with Crippen molar-refractivity contribution in [3.8, 4) is 0 Å². The van der Waals surface area contributed by atoms with Crippen LogP contribution in [0, 0.1) is 11.8 Å². The molecule has 0 bridgehead atoms. The molecule has 2 rings (SSSR count). The number of benzene rings is 1. The highest BCUT2D eigenvalue weighted by Crippen LogP contribution is 2.30. The molecule has 30 heavy (non-hydrogen) atoms. The van der Waals surface area contributed by atoms with Gasteiger partial charge in [0.15, 0.2) is 0 Å². The topological polar surface area (TPSA) is 43.3 Å². The summed E-state index contributed by atoms with van der Waals surface area (Å²) in [6, 6.07) is 6.55. The van der Waals surface area contributed by atoms with Gasteiger partial charge in [-0.3, -0.25) is 4.99 Å². The first-order valence-corrected chi connectivity index (χ1v) is 11.2. The molecule has 0 fully saturated rings. The molecule has 1 heterocycles. The summed E-state index contributed by atoms with van der Waals surface area (Å²) in [5.41, 5.74) is 12.4. The van der Waals surface area contributed by atoms with E-state index in [0.29, 0.717) is 11.6 Å². The predicted molar refractivity (Wildman–Crippen MR) is 135 cm³/mol. The van der Waals surface area contributed by atoms with E-state index in [0.717, 1.165) is 47.4 Å². The molecular formula is C27H39N3. The fraction of sp³-hybridized carbons (Fsp3) is 0.444. The van der Waals surface area contributed by atoms with Crippen LogP contribution in [0.4, 0.5) is 0 Å². The minimum atomic E-state index is 0.594. The van der Waals surface area contributed by atoms with Gasteiger partial charge in [-0.05, 0) is 54.4 Å². The van der Waals surface area contributed by atoms with Crippen LogP contribution in [0.15, 0.2) is 54.2 Å². The molecule has 1 aromatic carbocycles. The largest absolute Gasteiger partial charge is 0.399 e. The van der Waals surface area contributed by atoms with Crippen molar-refractivity contribution in [3.63, 3.8) is 0 Å². The third kappa shape index (κ3) is 5.98. The maximum atomic E-state index is 6.15. The van der Waals surface area contributed by atoms with Crippen molar-refractivity contribution >= 4 is 28.4 Å². The Bertz CT molecular complexity index is 942. The SMILES string of the molecule is C=C(CC(C)C[C@@H](C)CC)Cn1cc(C(=C)N)c2cc(C(/C=N\C)=C/CC)ccc21. The van der Waals surface area contributed by atoms with E-state index >= 15 is 0 Å². The molecule has 2 N–H and O–H groups in total. The first kappa shape index (κ1) is 23.7. The number of fused-ring (bicyclic) bond motifs is 1. The minimum Gasteiger partial charge on any atom is -0.399 e. The number of hydrogen-bond donors (Lipinski definition) is 1. The molecule has 0 saturated heterocycles. The lowest BCUT2D eigenvalue weighted by Gasteiger charge is -2.18. The Morgan fingerprint density at radius 1 is 1.20 bits per heavy atom. The number of hydrogen-bond acceptors (Lipinski definition) is 2. The minimum absolute atomic E-state index is 0.594. The Balaban J connectivity index is 2.34. The van der Waals surface area contributed by atoms with Crippen LogP contribution in [-0.4, -0.2) is 17.8 Å². The second kappa shape index (κ2) is 11.0. The molecule has 0 saturated carbocycles. The van der Waals surface area contributed by atoms with Gasteiger partial charge in [-0.1, -0.05) is 65.0 Å². The normalized spacial score (nSPS) is 14.4. The van der Waals surface area contributed by atoms with Crippen molar-refractivity contribution in [2.45, 2.75) is 59.9 Å². The third-order valence-electron chi connectivity index (χ3n) is 5.79. The van der Waals surface area contributed by atoms with Crippen LogP contribution in [0.5, 0.6) is 0 Å². The van der Waals surface area contributed by atoms with Gasteiger partial charge in [0, 0.05) is 48.2 Å². The summed E-state index contributed by atoms with van der Waals surface area (Å²) in [5, 5.41) is 1.13. The Labute approximate surface area is 183 Å². The number of rotatable bonds is 11. The highest BCUT2D eigenvalue weighted by atomic mass is 15.0. The van der Waals surface area contributed by atoms with Crippen molar-refractivity contribution < 1.29 is 0 Å². The van der Waals surface area contributed by atoms with Crippen LogP contribution in [0.2, 0.25) is 0 Å². The zero-order chi connectivity index (χ0) is 22.3. The van der Waals surface area contributed by atoms with Crippen molar-refractivity contribution in [2.75, 3.05) is 7.05 Å². The zero-order valence-electron chi connectivity index (χ0n) is 19.5. The van der Waals surface area contributed by atoms with Crippen molar-refractivity contribution in [3.05, 3.63) is 60.3 Å². The molecule has 1 unspecified atom stereocenters. The van der Waals surface area contributed by atoms with Gasteiger partial charge in [-0.15, -0.1) is 0 Å². The van der Waals surface area contributed by atoms with Gasteiger partial charge in [-0.25, -0.2) is 0 Å². The summed E-state index contributed by atoms with van der Waals surface area (Å²) >= 11 is 0. The van der Waals surface area contributed by atoms with Gasteiger partial charge in [0.1, 0.15) is 0 Å². The van der Waals surface area contributed by atoms with Gasteiger partial charge < -0.3 is 10.3 Å². The number of nitrogens with zero attached hydrogens (tertiary/aromatic N) is 2. The Kier molecular flexibility index (Phi) is 8.71. The molecule has 2 atom stereocenters. The van der Waals surface area contributed by atoms with E-state index in [4.69, 9.17) is 5.73 Å². The lowest BCUT2D eigenvalue weighted by molar-refractivity contribution is 0.400. The van der Waals surface area contributed by atoms with Gasteiger partial charge in [0.2, 0.25) is 0 Å². The molecule has 0 aliphatic rings. The fourth-order valence-corrected chi connectivity index (χ4v) is 4.20. The lowest BCUT2D eigenvalue weighted by Crippen LogP contribution is -2.06. The molecule has 0 aliphatic heterocycles. The molecule has 0 amide bonds. The molecular weight excluding hydrogens is 366 g/mol. The summed E-state index contributed by atoms with van der Waals surface area (Å²) in [4.78, 5) is 4.21.